The van der Waals surface area contributed by atoms with E-state index in [1.807, 2.05) is 31.2 Å². The molecule has 4 nitrogen and oxygen atoms in total. The molecule has 4 heteroatoms. The average molecular weight is 392 g/mol. The number of unbranched alkanes of at least 4 members (excludes halogenated alkanes) is 2. The summed E-state index contributed by atoms with van der Waals surface area (Å²) in [4.78, 5) is 17.4. The first kappa shape index (κ1) is 21.1. The van der Waals surface area contributed by atoms with E-state index in [-0.39, 0.29) is 5.91 Å². The first-order valence-electron chi connectivity index (χ1n) is 10.8. The number of nitrogens with two attached hydrogens (primary N) is 1. The summed E-state index contributed by atoms with van der Waals surface area (Å²) in [6, 6.07) is 12.2. The third-order valence-corrected chi connectivity index (χ3v) is 5.68. The largest absolute Gasteiger partial charge is 0.366 e. The number of nitrogens with zero attached hydrogens (tertiary/aromatic N) is 2. The molecule has 0 saturated carbocycles. The zero-order valence-corrected chi connectivity index (χ0v) is 18.2. The highest BCUT2D eigenvalue weighted by Crippen LogP contribution is 2.34. The molecule has 2 aromatic heterocycles. The van der Waals surface area contributed by atoms with Crippen LogP contribution in [-0.2, 0) is 13.0 Å². The fraction of sp³-hybridized carbons (Fsp3) is 0.440. The molecular weight excluding hydrogens is 358 g/mol. The number of amides is 1. The maximum Gasteiger partial charge on any atom is 0.251 e. The van der Waals surface area contributed by atoms with Gasteiger partial charge in [-0.2, -0.15) is 0 Å². The molecule has 3 rings (SSSR count). The monoisotopic (exact) mass is 391 g/mol. The van der Waals surface area contributed by atoms with E-state index in [0.29, 0.717) is 11.5 Å². The number of benzene rings is 1. The summed E-state index contributed by atoms with van der Waals surface area (Å²) in [6.07, 6.45) is 5.44. The van der Waals surface area contributed by atoms with Crippen molar-refractivity contribution in [2.45, 2.75) is 66.3 Å². The quantitative estimate of drug-likeness (QED) is 0.462. The lowest BCUT2D eigenvalue weighted by Gasteiger charge is -2.14. The molecule has 1 amide bonds. The number of pyridine rings is 1. The Balaban J connectivity index is 2.20. The Morgan fingerprint density at radius 3 is 2.59 bits per heavy atom. The molecule has 3 aromatic rings. The van der Waals surface area contributed by atoms with Gasteiger partial charge in [-0.1, -0.05) is 57.9 Å². The molecule has 0 saturated heterocycles. The SMILES string of the molecule is CCCCCc1c(-c2ccc3ccccc3n2)c(C(N)=O)c(C)n1CCC(C)C. The second-order valence-electron chi connectivity index (χ2n) is 8.33. The van der Waals surface area contributed by atoms with Gasteiger partial charge < -0.3 is 10.3 Å². The molecule has 0 spiro atoms. The number of carbonyl (C=O) groups excluding carboxylic acids is 1. The Kier molecular flexibility index (Phi) is 6.73. The normalized spacial score (nSPS) is 11.5. The Bertz CT molecular complexity index is 1000. The van der Waals surface area contributed by atoms with Crippen molar-refractivity contribution in [3.63, 3.8) is 0 Å². The third-order valence-electron chi connectivity index (χ3n) is 5.68. The number of hydrogen-bond acceptors (Lipinski definition) is 2. The van der Waals surface area contributed by atoms with Crippen molar-refractivity contribution in [1.82, 2.24) is 9.55 Å². The molecule has 0 aliphatic rings. The van der Waals surface area contributed by atoms with Crippen LogP contribution in [0.3, 0.4) is 0 Å². The molecule has 0 radical (unpaired) electrons. The van der Waals surface area contributed by atoms with Gasteiger partial charge in [0.15, 0.2) is 0 Å². The van der Waals surface area contributed by atoms with Gasteiger partial charge in [0.1, 0.15) is 0 Å². The first-order valence-corrected chi connectivity index (χ1v) is 10.8. The number of fused-ring (bicyclic) bond motifs is 1. The Labute approximate surface area is 174 Å². The van der Waals surface area contributed by atoms with Gasteiger partial charge in [0.2, 0.25) is 0 Å². The summed E-state index contributed by atoms with van der Waals surface area (Å²) in [5, 5.41) is 1.10. The molecule has 0 bridgehead atoms. The number of hydrogen-bond donors (Lipinski definition) is 1. The van der Waals surface area contributed by atoms with E-state index < -0.39 is 0 Å². The van der Waals surface area contributed by atoms with Gasteiger partial charge in [0, 0.05) is 28.9 Å². The molecule has 0 unspecified atom stereocenters. The van der Waals surface area contributed by atoms with Crippen molar-refractivity contribution >= 4 is 16.8 Å². The number of aromatic nitrogens is 2. The average Bonchev–Trinajstić information content (AvgIpc) is 2.98. The highest BCUT2D eigenvalue weighted by atomic mass is 16.1. The van der Waals surface area contributed by atoms with E-state index >= 15 is 0 Å². The van der Waals surface area contributed by atoms with Gasteiger partial charge in [0.05, 0.1) is 16.8 Å². The van der Waals surface area contributed by atoms with Crippen molar-refractivity contribution in [2.24, 2.45) is 11.7 Å². The second-order valence-corrected chi connectivity index (χ2v) is 8.33. The van der Waals surface area contributed by atoms with Gasteiger partial charge in [-0.3, -0.25) is 4.79 Å². The molecule has 2 heterocycles. The predicted octanol–water partition coefficient (Wildman–Crippen LogP) is 5.89. The maximum atomic E-state index is 12.5. The van der Waals surface area contributed by atoms with E-state index in [1.54, 1.807) is 0 Å². The second kappa shape index (κ2) is 9.25. The number of carbonyl (C=O) groups is 1. The summed E-state index contributed by atoms with van der Waals surface area (Å²) in [5.74, 6) is 0.229. The summed E-state index contributed by atoms with van der Waals surface area (Å²) in [6.45, 7) is 9.60. The van der Waals surface area contributed by atoms with Crippen LogP contribution in [0, 0.1) is 12.8 Å². The van der Waals surface area contributed by atoms with Crippen molar-refractivity contribution in [3.8, 4) is 11.3 Å². The van der Waals surface area contributed by atoms with Gasteiger partial charge in [-0.15, -0.1) is 0 Å². The third kappa shape index (κ3) is 4.52. The smallest absolute Gasteiger partial charge is 0.251 e. The summed E-state index contributed by atoms with van der Waals surface area (Å²) >= 11 is 0. The molecule has 0 fully saturated rings. The summed E-state index contributed by atoms with van der Waals surface area (Å²) < 4.78 is 2.32. The van der Waals surface area contributed by atoms with E-state index in [9.17, 15) is 4.79 Å². The highest BCUT2D eigenvalue weighted by Gasteiger charge is 2.25. The zero-order valence-electron chi connectivity index (χ0n) is 18.2. The number of rotatable bonds is 9. The Morgan fingerprint density at radius 1 is 1.14 bits per heavy atom. The standard InChI is InChI=1S/C25H33N3O/c1-5-6-7-12-22-24(21-14-13-19-10-8-9-11-20(19)27-21)23(25(26)29)18(4)28(22)16-15-17(2)3/h8-11,13-14,17H,5-7,12,15-16H2,1-4H3,(H2,26,29). The van der Waals surface area contributed by atoms with Gasteiger partial charge in [-0.25, -0.2) is 4.98 Å². The summed E-state index contributed by atoms with van der Waals surface area (Å²) in [5.41, 5.74) is 11.4. The molecule has 29 heavy (non-hydrogen) atoms. The van der Waals surface area contributed by atoms with E-state index in [0.717, 1.165) is 60.1 Å². The number of primary amides is 1. The van der Waals surface area contributed by atoms with E-state index in [2.05, 4.69) is 37.5 Å². The first-order chi connectivity index (χ1) is 13.9. The van der Waals surface area contributed by atoms with Crippen molar-refractivity contribution in [2.75, 3.05) is 0 Å². The molecule has 154 valence electrons. The lowest BCUT2D eigenvalue weighted by Crippen LogP contribution is -2.14. The maximum absolute atomic E-state index is 12.5. The van der Waals surface area contributed by atoms with Crippen LogP contribution < -0.4 is 5.73 Å². The molecule has 0 aliphatic heterocycles. The van der Waals surface area contributed by atoms with Gasteiger partial charge in [0.25, 0.3) is 5.91 Å². The summed E-state index contributed by atoms with van der Waals surface area (Å²) in [7, 11) is 0. The molecule has 0 aliphatic carbocycles. The van der Waals surface area contributed by atoms with Crippen LogP contribution in [0.1, 0.15) is 68.2 Å². The Morgan fingerprint density at radius 2 is 1.90 bits per heavy atom. The van der Waals surface area contributed by atoms with Crippen LogP contribution in [0.15, 0.2) is 36.4 Å². The zero-order chi connectivity index (χ0) is 21.0. The van der Waals surface area contributed by atoms with Gasteiger partial charge >= 0.3 is 0 Å². The fourth-order valence-corrected chi connectivity index (χ4v) is 4.07. The lowest BCUT2D eigenvalue weighted by atomic mass is 10.0. The van der Waals surface area contributed by atoms with E-state index in [4.69, 9.17) is 10.7 Å². The van der Waals surface area contributed by atoms with Crippen LogP contribution in [0.2, 0.25) is 0 Å². The fourth-order valence-electron chi connectivity index (χ4n) is 4.07. The molecule has 1 aromatic carbocycles. The minimum Gasteiger partial charge on any atom is -0.366 e. The van der Waals surface area contributed by atoms with Gasteiger partial charge in [-0.05, 0) is 44.2 Å². The molecule has 2 N–H and O–H groups in total. The number of para-hydroxylation sites is 1. The van der Waals surface area contributed by atoms with Crippen molar-refractivity contribution in [1.29, 1.82) is 0 Å². The van der Waals surface area contributed by atoms with Crippen LogP contribution in [-0.4, -0.2) is 15.5 Å². The Hall–Kier alpha value is -2.62. The topological polar surface area (TPSA) is 60.9 Å². The van der Waals surface area contributed by atoms with Crippen LogP contribution >= 0.6 is 0 Å². The highest BCUT2D eigenvalue weighted by molar-refractivity contribution is 6.02. The minimum absolute atomic E-state index is 0.368. The van der Waals surface area contributed by atoms with E-state index in [1.165, 1.54) is 12.1 Å². The molecule has 0 atom stereocenters. The predicted molar refractivity (Wildman–Crippen MR) is 121 cm³/mol. The van der Waals surface area contributed by atoms with Crippen LogP contribution in [0.25, 0.3) is 22.2 Å². The van der Waals surface area contributed by atoms with Crippen LogP contribution in [0.4, 0.5) is 0 Å². The van der Waals surface area contributed by atoms with Crippen LogP contribution in [0.5, 0.6) is 0 Å². The lowest BCUT2D eigenvalue weighted by molar-refractivity contribution is 0.1000. The minimum atomic E-state index is -0.368. The molecular formula is C25H33N3O. The van der Waals surface area contributed by atoms with Crippen molar-refractivity contribution in [3.05, 3.63) is 53.3 Å². The van der Waals surface area contributed by atoms with Crippen molar-refractivity contribution < 1.29 is 4.79 Å².